The lowest BCUT2D eigenvalue weighted by Gasteiger charge is -2.23. The molecular weight excluding hydrogens is 333 g/mol. The first-order chi connectivity index (χ1) is 11.9. The van der Waals surface area contributed by atoms with Crippen LogP contribution in [0, 0.1) is 12.8 Å². The van der Waals surface area contributed by atoms with Crippen molar-refractivity contribution in [1.29, 1.82) is 0 Å². The Bertz CT molecular complexity index is 882. The molecule has 1 aromatic carbocycles. The Morgan fingerprint density at radius 2 is 2.12 bits per heavy atom. The van der Waals surface area contributed by atoms with Gasteiger partial charge in [-0.15, -0.1) is 9.24 Å². The minimum atomic E-state index is 0.0306. The first-order valence-electron chi connectivity index (χ1n) is 8.73. The lowest BCUT2D eigenvalue weighted by Crippen LogP contribution is -2.30. The highest BCUT2D eigenvalue weighted by Crippen LogP contribution is 2.39. The van der Waals surface area contributed by atoms with Crippen molar-refractivity contribution in [2.24, 2.45) is 5.92 Å². The highest BCUT2D eigenvalue weighted by Gasteiger charge is 2.39. The van der Waals surface area contributed by atoms with Crippen molar-refractivity contribution < 1.29 is 9.59 Å². The summed E-state index contributed by atoms with van der Waals surface area (Å²) < 4.78 is 0. The summed E-state index contributed by atoms with van der Waals surface area (Å²) in [4.78, 5) is 30.6. The Kier molecular flexibility index (Phi) is 3.99. The molecule has 130 valence electrons. The summed E-state index contributed by atoms with van der Waals surface area (Å²) >= 11 is 0. The van der Waals surface area contributed by atoms with Crippen molar-refractivity contribution in [3.8, 4) is 0 Å². The fourth-order valence-electron chi connectivity index (χ4n) is 3.59. The van der Waals surface area contributed by atoms with E-state index in [1.807, 2.05) is 30.0 Å². The SMILES string of the molecule is Cc1cc(N2C(=O)CCC2C)cc2cc(NC(=O)C3CC3P)ncc12. The van der Waals surface area contributed by atoms with Gasteiger partial charge in [0.2, 0.25) is 11.8 Å². The van der Waals surface area contributed by atoms with Crippen molar-refractivity contribution in [2.45, 2.75) is 44.8 Å². The van der Waals surface area contributed by atoms with Crippen molar-refractivity contribution in [3.05, 3.63) is 30.0 Å². The number of hydrogen-bond acceptors (Lipinski definition) is 3. The summed E-state index contributed by atoms with van der Waals surface area (Å²) in [5.41, 5.74) is 2.39. The predicted octanol–water partition coefficient (Wildman–Crippen LogP) is 3.26. The van der Waals surface area contributed by atoms with Crippen molar-refractivity contribution in [1.82, 2.24) is 4.98 Å². The molecule has 2 heterocycles. The van der Waals surface area contributed by atoms with Gasteiger partial charge < -0.3 is 10.2 Å². The van der Waals surface area contributed by atoms with Crippen LogP contribution in [0.2, 0.25) is 0 Å². The molecule has 2 fully saturated rings. The number of carbonyl (C=O) groups is 2. The van der Waals surface area contributed by atoms with Gasteiger partial charge >= 0.3 is 0 Å². The molecule has 1 N–H and O–H groups in total. The van der Waals surface area contributed by atoms with Gasteiger partial charge in [0.25, 0.3) is 0 Å². The van der Waals surface area contributed by atoms with E-state index in [2.05, 4.69) is 26.5 Å². The minimum Gasteiger partial charge on any atom is -0.310 e. The molecule has 0 spiro atoms. The molecule has 6 heteroatoms. The Morgan fingerprint density at radius 1 is 1.36 bits per heavy atom. The van der Waals surface area contributed by atoms with Crippen LogP contribution in [0.25, 0.3) is 10.8 Å². The number of amides is 2. The zero-order valence-corrected chi connectivity index (χ0v) is 15.6. The average Bonchev–Trinajstić information content (AvgIpc) is 3.20. The molecule has 0 bridgehead atoms. The van der Waals surface area contributed by atoms with Crippen LogP contribution < -0.4 is 10.2 Å². The lowest BCUT2D eigenvalue weighted by atomic mass is 10.1. The second-order valence-electron chi connectivity index (χ2n) is 7.20. The van der Waals surface area contributed by atoms with E-state index < -0.39 is 0 Å². The molecule has 25 heavy (non-hydrogen) atoms. The number of benzene rings is 1. The molecule has 2 aromatic rings. The normalized spacial score (nSPS) is 25.5. The largest absolute Gasteiger partial charge is 0.310 e. The third-order valence-corrected chi connectivity index (χ3v) is 5.96. The van der Waals surface area contributed by atoms with Crippen LogP contribution in [0.15, 0.2) is 24.4 Å². The summed E-state index contributed by atoms with van der Waals surface area (Å²) in [5, 5.41) is 4.94. The van der Waals surface area contributed by atoms with Gasteiger partial charge in [-0.05, 0) is 61.5 Å². The van der Waals surface area contributed by atoms with Crippen LogP contribution >= 0.6 is 9.24 Å². The molecule has 1 saturated carbocycles. The van der Waals surface area contributed by atoms with Gasteiger partial charge in [0.1, 0.15) is 5.82 Å². The molecule has 4 rings (SSSR count). The van der Waals surface area contributed by atoms with E-state index in [0.717, 1.165) is 34.9 Å². The maximum absolute atomic E-state index is 12.2. The van der Waals surface area contributed by atoms with Gasteiger partial charge in [0, 0.05) is 35.7 Å². The van der Waals surface area contributed by atoms with Crippen LogP contribution in [-0.4, -0.2) is 28.5 Å². The maximum Gasteiger partial charge on any atom is 0.229 e. The number of fused-ring (bicyclic) bond motifs is 1. The number of anilines is 2. The van der Waals surface area contributed by atoms with Gasteiger partial charge in [-0.3, -0.25) is 9.59 Å². The first-order valence-corrected chi connectivity index (χ1v) is 9.39. The molecule has 1 aliphatic carbocycles. The molecular formula is C19H22N3O2P. The summed E-state index contributed by atoms with van der Waals surface area (Å²) in [7, 11) is 2.69. The number of rotatable bonds is 3. The third-order valence-electron chi connectivity index (χ3n) is 5.22. The van der Waals surface area contributed by atoms with Gasteiger partial charge in [0.05, 0.1) is 0 Å². The number of carbonyl (C=O) groups excluding carboxylic acids is 2. The zero-order valence-electron chi connectivity index (χ0n) is 14.5. The van der Waals surface area contributed by atoms with Gasteiger partial charge in [-0.25, -0.2) is 4.98 Å². The topological polar surface area (TPSA) is 62.3 Å². The van der Waals surface area contributed by atoms with Crippen LogP contribution in [0.4, 0.5) is 11.5 Å². The molecule has 4 atom stereocenters. The Hall–Kier alpha value is -2.00. The molecule has 4 unspecified atom stereocenters. The molecule has 5 nitrogen and oxygen atoms in total. The fraction of sp³-hybridized carbons (Fsp3) is 0.421. The molecule has 2 amide bonds. The van der Waals surface area contributed by atoms with Crippen molar-refractivity contribution in [3.63, 3.8) is 0 Å². The Labute approximate surface area is 149 Å². The van der Waals surface area contributed by atoms with Crippen LogP contribution in [0.3, 0.4) is 0 Å². The van der Waals surface area contributed by atoms with E-state index in [9.17, 15) is 9.59 Å². The molecule has 0 radical (unpaired) electrons. The van der Waals surface area contributed by atoms with E-state index in [1.165, 1.54) is 0 Å². The lowest BCUT2D eigenvalue weighted by molar-refractivity contribution is -0.118. The van der Waals surface area contributed by atoms with Crippen LogP contribution in [0.5, 0.6) is 0 Å². The summed E-state index contributed by atoms with van der Waals surface area (Å²) in [6, 6.07) is 6.19. The maximum atomic E-state index is 12.2. The van der Waals surface area contributed by atoms with E-state index in [1.54, 1.807) is 6.20 Å². The van der Waals surface area contributed by atoms with E-state index >= 15 is 0 Å². The summed E-state index contributed by atoms with van der Waals surface area (Å²) in [6.45, 7) is 4.11. The Balaban J connectivity index is 1.68. The number of pyridine rings is 1. The van der Waals surface area contributed by atoms with E-state index in [0.29, 0.717) is 17.9 Å². The fourth-order valence-corrected chi connectivity index (χ4v) is 4.06. The Morgan fingerprint density at radius 3 is 2.76 bits per heavy atom. The van der Waals surface area contributed by atoms with E-state index in [4.69, 9.17) is 0 Å². The number of nitrogens with zero attached hydrogens (tertiary/aromatic N) is 2. The van der Waals surface area contributed by atoms with E-state index in [-0.39, 0.29) is 23.8 Å². The molecule has 1 aromatic heterocycles. The minimum absolute atomic E-state index is 0.0306. The second kappa shape index (κ2) is 6.06. The van der Waals surface area contributed by atoms with Crippen molar-refractivity contribution in [2.75, 3.05) is 10.2 Å². The quantitative estimate of drug-likeness (QED) is 0.860. The molecule has 1 aliphatic heterocycles. The van der Waals surface area contributed by atoms with Crippen LogP contribution in [-0.2, 0) is 9.59 Å². The zero-order chi connectivity index (χ0) is 17.7. The molecule has 2 aliphatic rings. The van der Waals surface area contributed by atoms with Crippen molar-refractivity contribution >= 4 is 43.3 Å². The highest BCUT2D eigenvalue weighted by molar-refractivity contribution is 7.18. The predicted molar refractivity (Wildman–Crippen MR) is 103 cm³/mol. The first kappa shape index (κ1) is 16.5. The highest BCUT2D eigenvalue weighted by atomic mass is 31.0. The molecule has 1 saturated heterocycles. The van der Waals surface area contributed by atoms with Gasteiger partial charge in [-0.1, -0.05) is 0 Å². The monoisotopic (exact) mass is 355 g/mol. The smallest absolute Gasteiger partial charge is 0.229 e. The van der Waals surface area contributed by atoms with Gasteiger partial charge in [-0.2, -0.15) is 0 Å². The second-order valence-corrected chi connectivity index (χ2v) is 8.06. The summed E-state index contributed by atoms with van der Waals surface area (Å²) in [6.07, 6.45) is 4.21. The average molecular weight is 355 g/mol. The van der Waals surface area contributed by atoms with Gasteiger partial charge in [0.15, 0.2) is 0 Å². The third kappa shape index (κ3) is 3.02. The summed E-state index contributed by atoms with van der Waals surface area (Å²) in [5.74, 6) is 0.856. The number of hydrogen-bond donors (Lipinski definition) is 1. The number of nitrogens with one attached hydrogen (secondary N) is 1. The number of aryl methyl sites for hydroxylation is 1. The standard InChI is InChI=1S/C19H22N3O2P/c1-10-5-13(22-11(2)3-4-18(22)23)6-12-7-17(20-9-15(10)12)21-19(24)14-8-16(14)25/h5-7,9,11,14,16H,3-4,8,25H2,1-2H3,(H,20,21,24). The van der Waals surface area contributed by atoms with Crippen LogP contribution in [0.1, 0.15) is 31.7 Å². The number of aromatic nitrogens is 1.